The lowest BCUT2D eigenvalue weighted by Gasteiger charge is -2.40. The molecule has 14 nitrogen and oxygen atoms in total. The van der Waals surface area contributed by atoms with Crippen molar-refractivity contribution in [3.63, 3.8) is 0 Å². The van der Waals surface area contributed by atoms with Crippen LogP contribution in [0.4, 0.5) is 0 Å². The Hall–Kier alpha value is -2.89. The molecule has 40 heavy (non-hydrogen) atoms. The van der Waals surface area contributed by atoms with Crippen molar-refractivity contribution in [2.45, 2.75) is 68.3 Å². The van der Waals surface area contributed by atoms with Crippen molar-refractivity contribution < 1.29 is 64.2 Å². The summed E-state index contributed by atoms with van der Waals surface area (Å²) in [4.78, 5) is 12.9. The molecule has 0 radical (unpaired) electrons. The van der Waals surface area contributed by atoms with E-state index in [2.05, 4.69) is 0 Å². The summed E-state index contributed by atoms with van der Waals surface area (Å²) >= 11 is 0. The Kier molecular flexibility index (Phi) is 8.00. The number of benzene rings is 2. The van der Waals surface area contributed by atoms with E-state index in [0.29, 0.717) is 10.9 Å². The van der Waals surface area contributed by atoms with Gasteiger partial charge in [-0.05, 0) is 12.5 Å². The number of ether oxygens (including phenoxy) is 4. The zero-order valence-electron chi connectivity index (χ0n) is 21.1. The third-order valence-electron chi connectivity index (χ3n) is 7.18. The van der Waals surface area contributed by atoms with E-state index in [9.17, 15) is 45.6 Å². The molecule has 10 atom stereocenters. The van der Waals surface area contributed by atoms with Crippen LogP contribution in [-0.4, -0.2) is 115 Å². The monoisotopic (exact) mass is 566 g/mol. The van der Waals surface area contributed by atoms with Gasteiger partial charge in [0.2, 0.25) is 12.6 Å². The molecule has 0 spiro atoms. The van der Waals surface area contributed by atoms with E-state index >= 15 is 0 Å². The van der Waals surface area contributed by atoms with E-state index in [4.69, 9.17) is 23.4 Å². The van der Waals surface area contributed by atoms with E-state index in [1.165, 1.54) is 12.1 Å². The standard InChI is InChI=1S/C26H30O14/c1-9-3-2-4-11-16(9)24(35)37-12-5-10(36-25-22(33)20(31)18(29)14(7-27)39-25)6-13(17(11)12)38-26-23(34)21(32)19(30)15(8-28)40-26/h2-6,14-15,18-23,25-34H,7-8H2,1H3/t14-,15-,18-,19-,20+,21+,22-,23-,25-,26-/m1/s1. The average Bonchev–Trinajstić information content (AvgIpc) is 2.93. The van der Waals surface area contributed by atoms with Crippen LogP contribution in [0.1, 0.15) is 5.56 Å². The lowest BCUT2D eigenvalue weighted by atomic mass is 9.99. The molecule has 0 amide bonds. The molecule has 0 saturated carbocycles. The van der Waals surface area contributed by atoms with Crippen molar-refractivity contribution in [1.82, 2.24) is 0 Å². The summed E-state index contributed by atoms with van der Waals surface area (Å²) in [6.07, 6.45) is -15.9. The summed E-state index contributed by atoms with van der Waals surface area (Å²) in [7, 11) is 0. The zero-order valence-corrected chi connectivity index (χ0v) is 21.1. The maximum atomic E-state index is 12.9. The molecule has 2 aliphatic rings. The van der Waals surface area contributed by atoms with Crippen molar-refractivity contribution in [1.29, 1.82) is 0 Å². The van der Waals surface area contributed by atoms with Crippen LogP contribution >= 0.6 is 0 Å². The second kappa shape index (κ2) is 11.2. The summed E-state index contributed by atoms with van der Waals surface area (Å²) in [6, 6.07) is 7.62. The Balaban J connectivity index is 1.61. The number of aliphatic hydroxyl groups is 8. The van der Waals surface area contributed by atoms with Gasteiger partial charge in [0, 0.05) is 17.5 Å². The summed E-state index contributed by atoms with van der Waals surface area (Å²) in [5.74, 6) is -0.202. The topological polar surface area (TPSA) is 229 Å². The second-order valence-electron chi connectivity index (χ2n) is 9.81. The Bertz CT molecular complexity index is 1420. The van der Waals surface area contributed by atoms with Gasteiger partial charge in [-0.1, -0.05) is 18.2 Å². The van der Waals surface area contributed by atoms with Gasteiger partial charge in [0.25, 0.3) is 0 Å². The first-order valence-electron chi connectivity index (χ1n) is 12.5. The fourth-order valence-electron chi connectivity index (χ4n) is 4.96. The summed E-state index contributed by atoms with van der Waals surface area (Å²) < 4.78 is 28.1. The molecule has 218 valence electrons. The number of rotatable bonds is 6. The molecular weight excluding hydrogens is 536 g/mol. The normalized spacial score (nSPS) is 34.7. The van der Waals surface area contributed by atoms with Crippen LogP contribution in [0.25, 0.3) is 21.7 Å². The molecule has 2 saturated heterocycles. The molecular formula is C26H30O14. The quantitative estimate of drug-likeness (QED) is 0.115. The van der Waals surface area contributed by atoms with Crippen LogP contribution in [0.2, 0.25) is 0 Å². The van der Waals surface area contributed by atoms with E-state index in [1.54, 1.807) is 25.1 Å². The highest BCUT2D eigenvalue weighted by Crippen LogP contribution is 2.39. The molecule has 2 fully saturated rings. The summed E-state index contributed by atoms with van der Waals surface area (Å²) in [5.41, 5.74) is -0.122. The van der Waals surface area contributed by atoms with Gasteiger partial charge in [0.05, 0.1) is 24.0 Å². The van der Waals surface area contributed by atoms with Crippen molar-refractivity contribution in [3.05, 3.63) is 46.3 Å². The maximum Gasteiger partial charge on any atom is 0.344 e. The molecule has 0 unspecified atom stereocenters. The van der Waals surface area contributed by atoms with Gasteiger partial charge < -0.3 is 64.2 Å². The van der Waals surface area contributed by atoms with Crippen LogP contribution in [0.5, 0.6) is 11.5 Å². The minimum absolute atomic E-state index is 0.0511. The van der Waals surface area contributed by atoms with E-state index < -0.39 is 80.3 Å². The predicted molar refractivity (Wildman–Crippen MR) is 134 cm³/mol. The predicted octanol–water partition coefficient (Wildman–Crippen LogP) is -2.39. The Morgan fingerprint density at radius 2 is 1.32 bits per heavy atom. The van der Waals surface area contributed by atoms with Crippen LogP contribution in [0.3, 0.4) is 0 Å². The third kappa shape index (κ3) is 4.92. The number of aliphatic hydroxyl groups excluding tert-OH is 8. The second-order valence-corrected chi connectivity index (χ2v) is 9.81. The highest BCUT2D eigenvalue weighted by molar-refractivity contribution is 6.08. The van der Waals surface area contributed by atoms with Crippen molar-refractivity contribution in [2.75, 3.05) is 13.2 Å². The van der Waals surface area contributed by atoms with Gasteiger partial charge in [-0.3, -0.25) is 0 Å². The summed E-state index contributed by atoms with van der Waals surface area (Å²) in [5, 5.41) is 81.5. The molecule has 5 rings (SSSR count). The van der Waals surface area contributed by atoms with Gasteiger partial charge in [0.15, 0.2) is 0 Å². The highest BCUT2D eigenvalue weighted by atomic mass is 16.7. The Labute approximate surface area is 225 Å². The van der Waals surface area contributed by atoms with Gasteiger partial charge in [-0.25, -0.2) is 4.79 Å². The molecule has 2 aromatic carbocycles. The first-order chi connectivity index (χ1) is 19.0. The molecule has 8 N–H and O–H groups in total. The van der Waals surface area contributed by atoms with Gasteiger partial charge in [0.1, 0.15) is 65.9 Å². The summed E-state index contributed by atoms with van der Waals surface area (Å²) in [6.45, 7) is 0.330. The third-order valence-corrected chi connectivity index (χ3v) is 7.18. The van der Waals surface area contributed by atoms with E-state index in [1.807, 2.05) is 0 Å². The fourth-order valence-corrected chi connectivity index (χ4v) is 4.96. The number of hydrogen-bond donors (Lipinski definition) is 8. The molecule has 3 heterocycles. The van der Waals surface area contributed by atoms with Gasteiger partial charge >= 0.3 is 5.63 Å². The van der Waals surface area contributed by atoms with Crippen LogP contribution in [-0.2, 0) is 9.47 Å². The van der Waals surface area contributed by atoms with Crippen molar-refractivity contribution >= 4 is 21.7 Å². The van der Waals surface area contributed by atoms with Crippen molar-refractivity contribution in [2.24, 2.45) is 0 Å². The lowest BCUT2D eigenvalue weighted by Crippen LogP contribution is -2.60. The first kappa shape index (κ1) is 28.6. The maximum absolute atomic E-state index is 12.9. The minimum atomic E-state index is -1.76. The smallest absolute Gasteiger partial charge is 0.344 e. The number of aryl methyl sites for hydroxylation is 1. The van der Waals surface area contributed by atoms with Gasteiger partial charge in [-0.2, -0.15) is 0 Å². The zero-order chi connectivity index (χ0) is 28.9. The molecule has 2 aliphatic heterocycles. The van der Waals surface area contributed by atoms with Crippen LogP contribution < -0.4 is 15.1 Å². The molecule has 0 bridgehead atoms. The number of fused-ring (bicyclic) bond motifs is 3. The number of hydrogen-bond acceptors (Lipinski definition) is 14. The molecule has 1 aromatic heterocycles. The van der Waals surface area contributed by atoms with E-state index in [0.717, 1.165) is 0 Å². The van der Waals surface area contributed by atoms with Crippen LogP contribution in [0, 0.1) is 6.92 Å². The van der Waals surface area contributed by atoms with Gasteiger partial charge in [-0.15, -0.1) is 0 Å². The average molecular weight is 567 g/mol. The molecule has 3 aromatic rings. The SMILES string of the molecule is Cc1cccc2c1c(=O)oc1cc(O[C@@H]3O[C@H](CO)[C@@H](O)[C@H](O)[C@H]3O)cc(O[C@@H]3O[C@H](CO)[C@@H](O)[C@H](O)[C@H]3O)c12. The Morgan fingerprint density at radius 3 is 1.90 bits per heavy atom. The molecule has 0 aliphatic carbocycles. The van der Waals surface area contributed by atoms with Crippen molar-refractivity contribution in [3.8, 4) is 11.5 Å². The fraction of sp³-hybridized carbons (Fsp3) is 0.500. The highest BCUT2D eigenvalue weighted by Gasteiger charge is 2.46. The lowest BCUT2D eigenvalue weighted by molar-refractivity contribution is -0.278. The molecule has 14 heteroatoms. The Morgan fingerprint density at radius 1 is 0.750 bits per heavy atom. The van der Waals surface area contributed by atoms with Crippen LogP contribution in [0.15, 0.2) is 39.5 Å². The minimum Gasteiger partial charge on any atom is -0.462 e. The first-order valence-corrected chi connectivity index (χ1v) is 12.5. The van der Waals surface area contributed by atoms with E-state index in [-0.39, 0.29) is 27.9 Å². The largest absolute Gasteiger partial charge is 0.462 e.